The lowest BCUT2D eigenvalue weighted by molar-refractivity contribution is -0.151. The smallest absolute Gasteiger partial charge is 0.374 e. The molecule has 0 radical (unpaired) electrons. The van der Waals surface area contributed by atoms with Crippen LogP contribution in [0.3, 0.4) is 0 Å². The molecule has 0 spiro atoms. The average molecular weight is 452 g/mol. The van der Waals surface area contributed by atoms with Crippen molar-refractivity contribution in [1.82, 2.24) is 10.2 Å². The molecule has 1 aromatic carbocycles. The number of benzene rings is 1. The first-order chi connectivity index (χ1) is 14.8. The Morgan fingerprint density at radius 1 is 1.26 bits per heavy atom. The van der Waals surface area contributed by atoms with Gasteiger partial charge in [-0.15, -0.1) is 11.8 Å². The predicted molar refractivity (Wildman–Crippen MR) is 112 cm³/mol. The number of ether oxygens (including phenoxy) is 1. The number of hydrogen-bond donors (Lipinski definition) is 3. The van der Waals surface area contributed by atoms with Gasteiger partial charge in [0.2, 0.25) is 11.8 Å². The van der Waals surface area contributed by atoms with E-state index < -0.39 is 47.4 Å². The third-order valence-corrected chi connectivity index (χ3v) is 5.82. The lowest BCUT2D eigenvalue weighted by Gasteiger charge is -2.27. The summed E-state index contributed by atoms with van der Waals surface area (Å²) in [5, 5.41) is 11.6. The van der Waals surface area contributed by atoms with Crippen LogP contribution in [0, 0.1) is 5.92 Å². The van der Waals surface area contributed by atoms with Crippen LogP contribution in [0.5, 0.6) is 0 Å². The van der Waals surface area contributed by atoms with Crippen molar-refractivity contribution in [3.8, 4) is 0 Å². The summed E-state index contributed by atoms with van der Waals surface area (Å²) in [5.41, 5.74) is 6.26. The molecular formula is C20H25N3O7S. The minimum Gasteiger partial charge on any atom is -0.475 e. The van der Waals surface area contributed by atoms with Crippen LogP contribution in [-0.2, 0) is 35.1 Å². The Hall–Kier alpha value is -2.76. The van der Waals surface area contributed by atoms with Crippen molar-refractivity contribution in [3.05, 3.63) is 35.9 Å². The number of nitrogens with one attached hydrogen (secondary N) is 1. The fourth-order valence-electron chi connectivity index (χ4n) is 3.17. The number of carboxylic acids is 1. The molecule has 11 heteroatoms. The van der Waals surface area contributed by atoms with Gasteiger partial charge in [0.15, 0.2) is 5.78 Å². The SMILES string of the molecule is COCC(=O)[C@@H](CN)C(=O)N1CSC[C@H]1C(=O)N[C@@H](Cc1ccccc1)C(=O)C(=O)O. The molecule has 0 saturated carbocycles. The molecule has 168 valence electrons. The maximum Gasteiger partial charge on any atom is 0.374 e. The topological polar surface area (TPSA) is 156 Å². The molecule has 0 unspecified atom stereocenters. The van der Waals surface area contributed by atoms with E-state index in [1.807, 2.05) is 0 Å². The lowest BCUT2D eigenvalue weighted by Crippen LogP contribution is -2.55. The number of hydrogen-bond acceptors (Lipinski definition) is 8. The fraction of sp³-hybridized carbons (Fsp3) is 0.450. The molecule has 1 aliphatic rings. The van der Waals surface area contributed by atoms with Gasteiger partial charge < -0.3 is 25.8 Å². The molecule has 1 aromatic rings. The molecule has 2 rings (SSSR count). The quantitative estimate of drug-likeness (QED) is 0.285. The number of aliphatic carboxylic acids is 1. The van der Waals surface area contributed by atoms with Crippen LogP contribution in [-0.4, -0.2) is 83.3 Å². The number of methoxy groups -OCH3 is 1. The number of ketones is 2. The second-order valence-corrected chi connectivity index (χ2v) is 7.93. The molecule has 1 fully saturated rings. The van der Waals surface area contributed by atoms with Gasteiger partial charge in [0.1, 0.15) is 24.6 Å². The second kappa shape index (κ2) is 11.6. The highest BCUT2D eigenvalue weighted by Crippen LogP contribution is 2.23. The zero-order chi connectivity index (χ0) is 23.0. The zero-order valence-corrected chi connectivity index (χ0v) is 17.8. The summed E-state index contributed by atoms with van der Waals surface area (Å²) >= 11 is 1.31. The summed E-state index contributed by atoms with van der Waals surface area (Å²) in [4.78, 5) is 62.5. The van der Waals surface area contributed by atoms with Gasteiger partial charge in [0.25, 0.3) is 5.78 Å². The lowest BCUT2D eigenvalue weighted by atomic mass is 10.0. The van der Waals surface area contributed by atoms with E-state index in [2.05, 4.69) is 5.32 Å². The predicted octanol–water partition coefficient (Wildman–Crippen LogP) is -0.940. The minimum absolute atomic E-state index is 0.0106. The number of nitrogens with two attached hydrogens (primary N) is 1. The maximum absolute atomic E-state index is 12.9. The van der Waals surface area contributed by atoms with Crippen molar-refractivity contribution in [2.45, 2.75) is 18.5 Å². The van der Waals surface area contributed by atoms with Gasteiger partial charge in [-0.1, -0.05) is 30.3 Å². The van der Waals surface area contributed by atoms with Gasteiger partial charge in [0.05, 0.1) is 5.88 Å². The van der Waals surface area contributed by atoms with E-state index >= 15 is 0 Å². The molecule has 0 bridgehead atoms. The van der Waals surface area contributed by atoms with Crippen LogP contribution in [0.2, 0.25) is 0 Å². The number of carbonyl (C=O) groups excluding carboxylic acids is 4. The Morgan fingerprint density at radius 2 is 1.94 bits per heavy atom. The van der Waals surface area contributed by atoms with Crippen molar-refractivity contribution < 1.29 is 33.8 Å². The molecule has 1 aliphatic heterocycles. The Morgan fingerprint density at radius 3 is 2.52 bits per heavy atom. The maximum atomic E-state index is 12.9. The molecule has 1 saturated heterocycles. The molecule has 31 heavy (non-hydrogen) atoms. The van der Waals surface area contributed by atoms with Gasteiger partial charge in [-0.2, -0.15) is 0 Å². The Labute approximate surface area is 183 Å². The van der Waals surface area contributed by atoms with Crippen molar-refractivity contribution >= 4 is 41.1 Å². The third kappa shape index (κ3) is 6.36. The third-order valence-electron chi connectivity index (χ3n) is 4.80. The van der Waals surface area contributed by atoms with Crippen molar-refractivity contribution in [1.29, 1.82) is 0 Å². The first-order valence-corrected chi connectivity index (χ1v) is 10.7. The van der Waals surface area contributed by atoms with E-state index in [-0.39, 0.29) is 31.2 Å². The molecule has 0 aliphatic carbocycles. The molecular weight excluding hydrogens is 426 g/mol. The van der Waals surface area contributed by atoms with Gasteiger partial charge in [-0.25, -0.2) is 4.79 Å². The molecule has 4 N–H and O–H groups in total. The van der Waals surface area contributed by atoms with Gasteiger partial charge >= 0.3 is 5.97 Å². The Balaban J connectivity index is 2.16. The molecule has 2 amide bonds. The zero-order valence-electron chi connectivity index (χ0n) is 17.0. The highest BCUT2D eigenvalue weighted by Gasteiger charge is 2.40. The number of carbonyl (C=O) groups is 5. The summed E-state index contributed by atoms with van der Waals surface area (Å²) in [6.45, 7) is -0.512. The van der Waals surface area contributed by atoms with Crippen LogP contribution in [0.4, 0.5) is 0 Å². The first kappa shape index (κ1) is 24.5. The number of rotatable bonds is 11. The van der Waals surface area contributed by atoms with E-state index in [9.17, 15) is 24.0 Å². The van der Waals surface area contributed by atoms with Crippen LogP contribution in [0.1, 0.15) is 5.56 Å². The van der Waals surface area contributed by atoms with Gasteiger partial charge in [-0.3, -0.25) is 19.2 Å². The summed E-state index contributed by atoms with van der Waals surface area (Å²) in [5.74, 6) is -5.30. The molecule has 3 atom stereocenters. The van der Waals surface area contributed by atoms with E-state index in [1.165, 1.54) is 23.8 Å². The normalized spacial score (nSPS) is 17.6. The second-order valence-electron chi connectivity index (χ2n) is 6.93. The van der Waals surface area contributed by atoms with E-state index in [4.69, 9.17) is 15.6 Å². The van der Waals surface area contributed by atoms with Crippen LogP contribution in [0.25, 0.3) is 0 Å². The van der Waals surface area contributed by atoms with Crippen molar-refractivity contribution in [2.75, 3.05) is 31.9 Å². The Kier molecular flexibility index (Phi) is 9.16. The monoisotopic (exact) mass is 451 g/mol. The van der Waals surface area contributed by atoms with E-state index in [1.54, 1.807) is 30.3 Å². The van der Waals surface area contributed by atoms with Gasteiger partial charge in [0, 0.05) is 25.8 Å². The molecule has 1 heterocycles. The highest BCUT2D eigenvalue weighted by atomic mass is 32.2. The van der Waals surface area contributed by atoms with E-state index in [0.29, 0.717) is 5.56 Å². The Bertz CT molecular complexity index is 833. The fourth-order valence-corrected chi connectivity index (χ4v) is 4.33. The standard InChI is InChI=1S/C20H25N3O7S/c1-30-9-16(24)13(8-21)19(27)23-11-31-10-15(23)18(26)22-14(17(25)20(28)29)7-12-5-3-2-4-6-12/h2-6,13-15H,7-11,21H2,1H3,(H,22,26)(H,28,29)/t13-,14+,15+/m1/s1. The average Bonchev–Trinajstić information content (AvgIpc) is 3.24. The van der Waals surface area contributed by atoms with Crippen LogP contribution in [0.15, 0.2) is 30.3 Å². The largest absolute Gasteiger partial charge is 0.475 e. The van der Waals surface area contributed by atoms with Crippen molar-refractivity contribution in [3.63, 3.8) is 0 Å². The van der Waals surface area contributed by atoms with Gasteiger partial charge in [-0.05, 0) is 5.56 Å². The number of carboxylic acid groups (broad SMARTS) is 1. The summed E-state index contributed by atoms with van der Waals surface area (Å²) in [6.07, 6.45) is -0.0106. The summed E-state index contributed by atoms with van der Waals surface area (Å²) in [7, 11) is 1.32. The van der Waals surface area contributed by atoms with Crippen LogP contribution >= 0.6 is 11.8 Å². The molecule has 0 aromatic heterocycles. The van der Waals surface area contributed by atoms with E-state index in [0.717, 1.165) is 0 Å². The number of Topliss-reactive ketones (excluding diaryl/α,β-unsaturated/α-hetero) is 2. The number of amides is 2. The highest BCUT2D eigenvalue weighted by molar-refractivity contribution is 7.99. The molecule has 10 nitrogen and oxygen atoms in total. The first-order valence-electron chi connectivity index (χ1n) is 9.51. The minimum atomic E-state index is -1.66. The summed E-state index contributed by atoms with van der Waals surface area (Å²) in [6, 6.07) is 6.41. The number of thioether (sulfide) groups is 1. The number of nitrogens with zero attached hydrogens (tertiary/aromatic N) is 1. The van der Waals surface area contributed by atoms with Crippen molar-refractivity contribution in [2.24, 2.45) is 11.7 Å². The summed E-state index contributed by atoms with van der Waals surface area (Å²) < 4.78 is 4.78. The van der Waals surface area contributed by atoms with Crippen LogP contribution < -0.4 is 11.1 Å².